The average Bonchev–Trinajstić information content (AvgIpc) is 2.68. The zero-order valence-corrected chi connectivity index (χ0v) is 16.4. The van der Waals surface area contributed by atoms with Gasteiger partial charge in [0.1, 0.15) is 0 Å². The summed E-state index contributed by atoms with van der Waals surface area (Å²) >= 11 is 11.9. The Morgan fingerprint density at radius 3 is 1.96 bits per heavy atom. The van der Waals surface area contributed by atoms with E-state index in [0.717, 1.165) is 0 Å². The van der Waals surface area contributed by atoms with E-state index < -0.39 is 15.8 Å². The number of nitrogens with one attached hydrogen (secondary N) is 1. The Balaban J connectivity index is 1.76. The number of benzene rings is 3. The van der Waals surface area contributed by atoms with Crippen LogP contribution in [0.2, 0.25) is 10.0 Å². The molecule has 0 aromatic heterocycles. The molecule has 1 N–H and O–H groups in total. The van der Waals surface area contributed by atoms with Gasteiger partial charge in [0.25, 0.3) is 10.0 Å². The van der Waals surface area contributed by atoms with Crippen molar-refractivity contribution in [3.8, 4) is 0 Å². The normalized spacial score (nSPS) is 13.1. The van der Waals surface area contributed by atoms with E-state index in [1.807, 2.05) is 0 Å². The number of rotatable bonds is 3. The van der Waals surface area contributed by atoms with E-state index in [-0.39, 0.29) is 38.1 Å². The molecular weight excluding hydrogens is 421 g/mol. The van der Waals surface area contributed by atoms with E-state index in [1.54, 1.807) is 24.3 Å². The van der Waals surface area contributed by atoms with Crippen LogP contribution in [0.3, 0.4) is 0 Å². The van der Waals surface area contributed by atoms with Gasteiger partial charge >= 0.3 is 0 Å². The van der Waals surface area contributed by atoms with Crippen LogP contribution in [0.25, 0.3) is 0 Å². The number of sulfonamides is 1. The summed E-state index contributed by atoms with van der Waals surface area (Å²) in [5.41, 5.74) is 0.933. The molecular formula is C20H11Cl2NO4S. The van der Waals surface area contributed by atoms with Crippen LogP contribution in [0.1, 0.15) is 31.8 Å². The van der Waals surface area contributed by atoms with Crippen LogP contribution in [0.15, 0.2) is 65.6 Å². The summed E-state index contributed by atoms with van der Waals surface area (Å²) < 4.78 is 27.9. The molecule has 1 aliphatic rings. The fraction of sp³-hybridized carbons (Fsp3) is 0. The first-order valence-electron chi connectivity index (χ1n) is 8.08. The monoisotopic (exact) mass is 431 g/mol. The summed E-state index contributed by atoms with van der Waals surface area (Å²) in [7, 11) is -4.04. The van der Waals surface area contributed by atoms with Crippen molar-refractivity contribution in [1.29, 1.82) is 0 Å². The van der Waals surface area contributed by atoms with Gasteiger partial charge in [-0.3, -0.25) is 14.3 Å². The maximum Gasteiger partial charge on any atom is 0.261 e. The molecule has 3 aromatic rings. The number of halogens is 2. The number of anilines is 1. The quantitative estimate of drug-likeness (QED) is 0.515. The zero-order valence-electron chi connectivity index (χ0n) is 14.1. The van der Waals surface area contributed by atoms with Gasteiger partial charge in [0.2, 0.25) is 0 Å². The molecule has 0 radical (unpaired) electrons. The molecule has 0 heterocycles. The Hall–Kier alpha value is -2.67. The summed E-state index contributed by atoms with van der Waals surface area (Å²) in [6, 6.07) is 14.6. The largest absolute Gasteiger partial charge is 0.289 e. The summed E-state index contributed by atoms with van der Waals surface area (Å²) in [4.78, 5) is 25.3. The standard InChI is InChI=1S/C20H11Cl2NO4S/c21-11-5-8-18(17(22)9-11)23-28(26,27)12-6-7-15-16(10-12)20(25)14-4-2-1-3-13(14)19(15)24/h1-10,23H. The highest BCUT2D eigenvalue weighted by atomic mass is 35.5. The van der Waals surface area contributed by atoms with Crippen LogP contribution in [-0.4, -0.2) is 20.0 Å². The Kier molecular flexibility index (Phi) is 4.50. The number of hydrogen-bond donors (Lipinski definition) is 1. The van der Waals surface area contributed by atoms with Crippen LogP contribution in [0, 0.1) is 0 Å². The van der Waals surface area contributed by atoms with Crippen LogP contribution >= 0.6 is 23.2 Å². The minimum absolute atomic E-state index is 0.0498. The molecule has 0 spiro atoms. The third-order valence-electron chi connectivity index (χ3n) is 4.38. The van der Waals surface area contributed by atoms with Gasteiger partial charge in [-0.25, -0.2) is 8.42 Å². The molecule has 0 unspecified atom stereocenters. The van der Waals surface area contributed by atoms with Crippen molar-refractivity contribution in [3.63, 3.8) is 0 Å². The Morgan fingerprint density at radius 2 is 1.32 bits per heavy atom. The summed E-state index contributed by atoms with van der Waals surface area (Å²) in [5, 5.41) is 0.499. The first kappa shape index (κ1) is 18.7. The highest BCUT2D eigenvalue weighted by Crippen LogP contribution is 2.31. The highest BCUT2D eigenvalue weighted by molar-refractivity contribution is 7.92. The van der Waals surface area contributed by atoms with Crippen molar-refractivity contribution >= 4 is 50.5 Å². The zero-order chi connectivity index (χ0) is 20.1. The molecule has 1 aliphatic carbocycles. The second-order valence-electron chi connectivity index (χ2n) is 6.14. The molecule has 0 atom stereocenters. The predicted molar refractivity (Wildman–Crippen MR) is 107 cm³/mol. The molecule has 0 saturated heterocycles. The smallest absolute Gasteiger partial charge is 0.261 e. The van der Waals surface area contributed by atoms with Crippen LogP contribution in [0.5, 0.6) is 0 Å². The second-order valence-corrected chi connectivity index (χ2v) is 8.67. The number of carbonyl (C=O) groups excluding carboxylic acids is 2. The van der Waals surface area contributed by atoms with Crippen LogP contribution in [0.4, 0.5) is 5.69 Å². The summed E-state index contributed by atoms with van der Waals surface area (Å²) in [6.07, 6.45) is 0. The number of ketones is 2. The van der Waals surface area contributed by atoms with Crippen LogP contribution < -0.4 is 4.72 Å². The van der Waals surface area contributed by atoms with Gasteiger partial charge in [0.05, 0.1) is 15.6 Å². The molecule has 0 bridgehead atoms. The number of carbonyl (C=O) groups is 2. The fourth-order valence-corrected chi connectivity index (χ4v) is 4.64. The number of fused-ring (bicyclic) bond motifs is 2. The van der Waals surface area contributed by atoms with E-state index in [4.69, 9.17) is 23.2 Å². The van der Waals surface area contributed by atoms with Crippen molar-refractivity contribution in [3.05, 3.63) is 93.0 Å². The third-order valence-corrected chi connectivity index (χ3v) is 6.29. The molecule has 3 aromatic carbocycles. The molecule has 0 amide bonds. The Morgan fingerprint density at radius 1 is 0.714 bits per heavy atom. The average molecular weight is 432 g/mol. The summed E-state index contributed by atoms with van der Waals surface area (Å²) in [6.45, 7) is 0. The second kappa shape index (κ2) is 6.74. The van der Waals surface area contributed by atoms with E-state index in [1.165, 1.54) is 36.4 Å². The lowest BCUT2D eigenvalue weighted by Gasteiger charge is -2.18. The predicted octanol–water partition coefficient (Wildman–Crippen LogP) is 4.57. The van der Waals surface area contributed by atoms with Gasteiger partial charge in [-0.15, -0.1) is 0 Å². The molecule has 0 aliphatic heterocycles. The lowest BCUT2D eigenvalue weighted by atomic mass is 9.84. The molecule has 28 heavy (non-hydrogen) atoms. The highest BCUT2D eigenvalue weighted by Gasteiger charge is 2.30. The molecule has 0 saturated carbocycles. The van der Waals surface area contributed by atoms with Crippen molar-refractivity contribution in [2.24, 2.45) is 0 Å². The van der Waals surface area contributed by atoms with Gasteiger partial charge < -0.3 is 0 Å². The van der Waals surface area contributed by atoms with E-state index in [9.17, 15) is 18.0 Å². The van der Waals surface area contributed by atoms with Gasteiger partial charge in [-0.05, 0) is 36.4 Å². The van der Waals surface area contributed by atoms with E-state index in [2.05, 4.69) is 4.72 Å². The third kappa shape index (κ3) is 3.09. The van der Waals surface area contributed by atoms with Gasteiger partial charge in [0, 0.05) is 27.3 Å². The van der Waals surface area contributed by atoms with Crippen molar-refractivity contribution < 1.29 is 18.0 Å². The molecule has 0 fully saturated rings. The van der Waals surface area contributed by atoms with Gasteiger partial charge in [-0.2, -0.15) is 0 Å². The van der Waals surface area contributed by atoms with Crippen molar-refractivity contribution in [2.75, 3.05) is 4.72 Å². The lowest BCUT2D eigenvalue weighted by Crippen LogP contribution is -2.22. The lowest BCUT2D eigenvalue weighted by molar-refractivity contribution is 0.0979. The first-order valence-corrected chi connectivity index (χ1v) is 10.3. The van der Waals surface area contributed by atoms with Gasteiger partial charge in [0.15, 0.2) is 11.6 Å². The molecule has 8 heteroatoms. The van der Waals surface area contributed by atoms with Crippen molar-refractivity contribution in [2.45, 2.75) is 4.90 Å². The minimum Gasteiger partial charge on any atom is -0.289 e. The molecule has 5 nitrogen and oxygen atoms in total. The topological polar surface area (TPSA) is 80.3 Å². The number of hydrogen-bond acceptors (Lipinski definition) is 4. The molecule has 4 rings (SSSR count). The Labute approximate surface area is 171 Å². The summed E-state index contributed by atoms with van der Waals surface area (Å²) in [5.74, 6) is -0.713. The Bertz CT molecular complexity index is 1270. The van der Waals surface area contributed by atoms with Crippen LogP contribution in [-0.2, 0) is 10.0 Å². The van der Waals surface area contributed by atoms with Crippen molar-refractivity contribution in [1.82, 2.24) is 0 Å². The molecule has 140 valence electrons. The minimum atomic E-state index is -4.04. The van der Waals surface area contributed by atoms with E-state index in [0.29, 0.717) is 10.6 Å². The first-order chi connectivity index (χ1) is 13.3. The van der Waals surface area contributed by atoms with Gasteiger partial charge in [-0.1, -0.05) is 47.5 Å². The SMILES string of the molecule is O=C1c2ccccc2C(=O)c2cc(S(=O)(=O)Nc3ccc(Cl)cc3Cl)ccc21. The fourth-order valence-electron chi connectivity index (χ4n) is 3.02. The van der Waals surface area contributed by atoms with E-state index >= 15 is 0 Å². The maximum absolute atomic E-state index is 12.8. The maximum atomic E-state index is 12.8.